The highest BCUT2D eigenvalue weighted by Gasteiger charge is 2.12. The quantitative estimate of drug-likeness (QED) is 0.759. The number of hydrogen-bond donors (Lipinski definition) is 0. The fourth-order valence-electron chi connectivity index (χ4n) is 1.39. The number of benzene rings is 1. The highest BCUT2D eigenvalue weighted by molar-refractivity contribution is 6.30. The summed E-state index contributed by atoms with van der Waals surface area (Å²) in [5.74, 6) is -0.314. The van der Waals surface area contributed by atoms with Gasteiger partial charge in [-0.1, -0.05) is 11.6 Å². The van der Waals surface area contributed by atoms with E-state index < -0.39 is 0 Å². The lowest BCUT2D eigenvalue weighted by Gasteiger charge is -2.17. The third kappa shape index (κ3) is 4.21. The molecule has 0 unspecified atom stereocenters. The van der Waals surface area contributed by atoms with E-state index in [4.69, 9.17) is 16.3 Å². The molecule has 1 aromatic rings. The van der Waals surface area contributed by atoms with Crippen LogP contribution >= 0.6 is 11.6 Å². The van der Waals surface area contributed by atoms with Crippen LogP contribution in [0, 0.1) is 0 Å². The first-order valence-corrected chi connectivity index (χ1v) is 5.48. The number of carbonyl (C=O) groups excluding carboxylic acids is 1. The van der Waals surface area contributed by atoms with Gasteiger partial charge in [-0.25, -0.2) is 4.79 Å². The molecule has 0 spiro atoms. The zero-order valence-electron chi connectivity index (χ0n) is 9.74. The van der Waals surface area contributed by atoms with Crippen LogP contribution in [0.1, 0.15) is 17.3 Å². The molecular formula is C12H16ClNO2. The lowest BCUT2D eigenvalue weighted by Crippen LogP contribution is -2.28. The Morgan fingerprint density at radius 2 is 1.94 bits per heavy atom. The molecule has 1 rings (SSSR count). The van der Waals surface area contributed by atoms with Crippen molar-refractivity contribution in [1.82, 2.24) is 4.90 Å². The van der Waals surface area contributed by atoms with Crippen LogP contribution in [0.25, 0.3) is 0 Å². The Balaban J connectivity index is 2.55. The lowest BCUT2D eigenvalue weighted by atomic mass is 10.2. The summed E-state index contributed by atoms with van der Waals surface area (Å²) in [4.78, 5) is 13.6. The number of hydrogen-bond acceptors (Lipinski definition) is 3. The van der Waals surface area contributed by atoms with E-state index in [1.54, 1.807) is 24.3 Å². The van der Waals surface area contributed by atoms with Crippen LogP contribution in [-0.4, -0.2) is 37.6 Å². The second-order valence-corrected chi connectivity index (χ2v) is 4.42. The summed E-state index contributed by atoms with van der Waals surface area (Å²) in [5, 5.41) is 0.609. The van der Waals surface area contributed by atoms with Gasteiger partial charge < -0.3 is 9.64 Å². The third-order valence-electron chi connectivity index (χ3n) is 2.01. The first kappa shape index (κ1) is 13.0. The van der Waals surface area contributed by atoms with Gasteiger partial charge in [0.05, 0.1) is 5.56 Å². The summed E-state index contributed by atoms with van der Waals surface area (Å²) in [6.45, 7) is 2.58. The van der Waals surface area contributed by atoms with Crippen LogP contribution in [0.4, 0.5) is 0 Å². The van der Waals surface area contributed by atoms with Crippen molar-refractivity contribution in [2.75, 3.05) is 20.6 Å². The van der Waals surface area contributed by atoms with Gasteiger partial charge in [0.2, 0.25) is 0 Å². The highest BCUT2D eigenvalue weighted by Crippen LogP contribution is 2.11. The number of likely N-dealkylation sites (N-methyl/N-ethyl adjacent to an activating group) is 1. The first-order chi connectivity index (χ1) is 7.49. The maximum atomic E-state index is 11.7. The zero-order valence-corrected chi connectivity index (χ0v) is 10.5. The van der Waals surface area contributed by atoms with Crippen LogP contribution in [0.15, 0.2) is 24.3 Å². The van der Waals surface area contributed by atoms with Crippen molar-refractivity contribution in [2.45, 2.75) is 13.0 Å². The van der Waals surface area contributed by atoms with E-state index in [-0.39, 0.29) is 12.1 Å². The molecule has 1 atom stereocenters. The van der Waals surface area contributed by atoms with E-state index in [9.17, 15) is 4.79 Å². The van der Waals surface area contributed by atoms with Gasteiger partial charge in [-0.3, -0.25) is 0 Å². The van der Waals surface area contributed by atoms with Crippen molar-refractivity contribution in [1.29, 1.82) is 0 Å². The summed E-state index contributed by atoms with van der Waals surface area (Å²) in [7, 11) is 3.87. The molecule has 0 N–H and O–H groups in total. The smallest absolute Gasteiger partial charge is 0.338 e. The molecule has 0 bridgehead atoms. The number of carbonyl (C=O) groups is 1. The van der Waals surface area contributed by atoms with Crippen LogP contribution in [-0.2, 0) is 4.74 Å². The van der Waals surface area contributed by atoms with Crippen LogP contribution in [0.2, 0.25) is 5.02 Å². The zero-order chi connectivity index (χ0) is 12.1. The molecule has 0 aliphatic heterocycles. The molecule has 0 aromatic heterocycles. The van der Waals surface area contributed by atoms with Gasteiger partial charge >= 0.3 is 5.97 Å². The Bertz CT molecular complexity index is 349. The maximum Gasteiger partial charge on any atom is 0.338 e. The van der Waals surface area contributed by atoms with Gasteiger partial charge in [0, 0.05) is 11.6 Å². The second-order valence-electron chi connectivity index (χ2n) is 3.99. The number of nitrogens with zero attached hydrogens (tertiary/aromatic N) is 1. The van der Waals surface area contributed by atoms with Gasteiger partial charge in [-0.05, 0) is 45.3 Å². The molecule has 0 saturated carbocycles. The minimum absolute atomic E-state index is 0.127. The SMILES string of the molecule is C[C@H](CN(C)C)OC(=O)c1ccc(Cl)cc1. The van der Waals surface area contributed by atoms with Crippen molar-refractivity contribution in [3.05, 3.63) is 34.9 Å². The molecule has 0 fully saturated rings. The number of rotatable bonds is 4. The van der Waals surface area contributed by atoms with Crippen molar-refractivity contribution in [2.24, 2.45) is 0 Å². The first-order valence-electron chi connectivity index (χ1n) is 5.10. The molecule has 0 heterocycles. The van der Waals surface area contributed by atoms with Crippen LogP contribution < -0.4 is 0 Å². The average molecular weight is 242 g/mol. The molecule has 0 amide bonds. The Kier molecular flexibility index (Phi) is 4.77. The van der Waals surface area contributed by atoms with Gasteiger partial charge in [0.1, 0.15) is 6.10 Å². The van der Waals surface area contributed by atoms with E-state index in [0.29, 0.717) is 17.1 Å². The number of ether oxygens (including phenoxy) is 1. The maximum absolute atomic E-state index is 11.7. The van der Waals surface area contributed by atoms with E-state index in [1.165, 1.54) is 0 Å². The normalized spacial score (nSPS) is 12.6. The predicted molar refractivity (Wildman–Crippen MR) is 64.9 cm³/mol. The monoisotopic (exact) mass is 241 g/mol. The molecule has 88 valence electrons. The van der Waals surface area contributed by atoms with Gasteiger partial charge in [0.25, 0.3) is 0 Å². The number of esters is 1. The summed E-state index contributed by atoms with van der Waals surface area (Å²) in [5.41, 5.74) is 0.523. The molecule has 0 saturated heterocycles. The molecule has 4 heteroatoms. The van der Waals surface area contributed by atoms with Crippen LogP contribution in [0.5, 0.6) is 0 Å². The Morgan fingerprint density at radius 1 is 1.38 bits per heavy atom. The number of halogens is 1. The van der Waals surface area contributed by atoms with Gasteiger partial charge in [-0.15, -0.1) is 0 Å². The van der Waals surface area contributed by atoms with E-state index in [2.05, 4.69) is 0 Å². The van der Waals surface area contributed by atoms with Gasteiger partial charge in [0.15, 0.2) is 0 Å². The van der Waals surface area contributed by atoms with Crippen molar-refractivity contribution in [3.8, 4) is 0 Å². The minimum atomic E-state index is -0.314. The van der Waals surface area contributed by atoms with E-state index in [1.807, 2.05) is 25.9 Å². The topological polar surface area (TPSA) is 29.5 Å². The Labute approximate surface area is 101 Å². The largest absolute Gasteiger partial charge is 0.458 e. The van der Waals surface area contributed by atoms with E-state index >= 15 is 0 Å². The fourth-order valence-corrected chi connectivity index (χ4v) is 1.51. The van der Waals surface area contributed by atoms with Crippen molar-refractivity contribution in [3.63, 3.8) is 0 Å². The molecule has 0 aliphatic carbocycles. The Hall–Kier alpha value is -1.06. The molecule has 1 aromatic carbocycles. The standard InChI is InChI=1S/C12H16ClNO2/c1-9(8-14(2)3)16-12(15)10-4-6-11(13)7-5-10/h4-7,9H,8H2,1-3H3/t9-/m1/s1. The summed E-state index contributed by atoms with van der Waals surface area (Å²) in [6, 6.07) is 6.67. The lowest BCUT2D eigenvalue weighted by molar-refractivity contribution is 0.0289. The average Bonchev–Trinajstić information content (AvgIpc) is 2.16. The third-order valence-corrected chi connectivity index (χ3v) is 2.26. The molecule has 16 heavy (non-hydrogen) atoms. The van der Waals surface area contributed by atoms with Crippen molar-refractivity contribution >= 4 is 17.6 Å². The minimum Gasteiger partial charge on any atom is -0.458 e. The van der Waals surface area contributed by atoms with Gasteiger partial charge in [-0.2, -0.15) is 0 Å². The highest BCUT2D eigenvalue weighted by atomic mass is 35.5. The molecular weight excluding hydrogens is 226 g/mol. The molecule has 0 radical (unpaired) electrons. The summed E-state index contributed by atoms with van der Waals surface area (Å²) in [6.07, 6.45) is -0.127. The molecule has 0 aliphatic rings. The van der Waals surface area contributed by atoms with Crippen molar-refractivity contribution < 1.29 is 9.53 Å². The molecule has 3 nitrogen and oxygen atoms in total. The fraction of sp³-hybridized carbons (Fsp3) is 0.417. The van der Waals surface area contributed by atoms with E-state index in [0.717, 1.165) is 0 Å². The van der Waals surface area contributed by atoms with Crippen LogP contribution in [0.3, 0.4) is 0 Å². The summed E-state index contributed by atoms with van der Waals surface area (Å²) < 4.78 is 5.26. The summed E-state index contributed by atoms with van der Waals surface area (Å²) >= 11 is 5.73. The second kappa shape index (κ2) is 5.87. The predicted octanol–water partition coefficient (Wildman–Crippen LogP) is 2.45. The Morgan fingerprint density at radius 3 is 2.44 bits per heavy atom.